The van der Waals surface area contributed by atoms with Gasteiger partial charge in [-0.15, -0.1) is 0 Å². The van der Waals surface area contributed by atoms with Crippen molar-refractivity contribution in [1.29, 1.82) is 0 Å². The molecule has 6 heteroatoms. The van der Waals surface area contributed by atoms with Gasteiger partial charge < -0.3 is 9.47 Å². The summed E-state index contributed by atoms with van der Waals surface area (Å²) in [4.78, 5) is 21.4. The number of aromatic nitrogens is 2. The van der Waals surface area contributed by atoms with Crippen molar-refractivity contribution in [1.82, 2.24) is 9.97 Å². The van der Waals surface area contributed by atoms with Gasteiger partial charge in [0.15, 0.2) is 11.4 Å². The van der Waals surface area contributed by atoms with Crippen LogP contribution in [0, 0.1) is 12.7 Å². The SMILES string of the molecule is COC(=O)c1nc(C)c2cc(Cc3ccc(F)cc3)cnc2c1OCc1ccccc1. The minimum Gasteiger partial charge on any atom is -0.484 e. The molecule has 156 valence electrons. The number of esters is 1. The zero-order valence-corrected chi connectivity index (χ0v) is 17.3. The number of halogens is 1. The van der Waals surface area contributed by atoms with Crippen LogP contribution < -0.4 is 4.74 Å². The molecule has 0 unspecified atom stereocenters. The molecular formula is C25H21FN2O3. The minimum atomic E-state index is -0.578. The van der Waals surface area contributed by atoms with Crippen molar-refractivity contribution in [3.8, 4) is 5.75 Å². The first kappa shape index (κ1) is 20.5. The van der Waals surface area contributed by atoms with Crippen LogP contribution in [-0.4, -0.2) is 23.0 Å². The Morgan fingerprint density at radius 2 is 1.74 bits per heavy atom. The number of carbonyl (C=O) groups excluding carboxylic acids is 1. The molecule has 0 fully saturated rings. The number of hydrogen-bond acceptors (Lipinski definition) is 5. The van der Waals surface area contributed by atoms with Gasteiger partial charge >= 0.3 is 5.97 Å². The number of aryl methyl sites for hydroxylation is 1. The summed E-state index contributed by atoms with van der Waals surface area (Å²) in [6.07, 6.45) is 2.34. The molecule has 31 heavy (non-hydrogen) atoms. The van der Waals surface area contributed by atoms with Gasteiger partial charge in [-0.1, -0.05) is 42.5 Å². The van der Waals surface area contributed by atoms with E-state index in [1.165, 1.54) is 19.2 Å². The van der Waals surface area contributed by atoms with Gasteiger partial charge in [0.05, 0.1) is 7.11 Å². The van der Waals surface area contributed by atoms with E-state index in [0.717, 1.165) is 22.1 Å². The van der Waals surface area contributed by atoms with E-state index in [1.54, 1.807) is 18.3 Å². The number of ether oxygens (including phenoxy) is 2. The second-order valence-corrected chi connectivity index (χ2v) is 7.18. The summed E-state index contributed by atoms with van der Waals surface area (Å²) in [5.41, 5.74) is 4.17. The van der Waals surface area contributed by atoms with Crippen LogP contribution in [0.3, 0.4) is 0 Å². The number of rotatable bonds is 6. The molecule has 0 amide bonds. The summed E-state index contributed by atoms with van der Waals surface area (Å²) in [6.45, 7) is 2.09. The molecule has 0 spiro atoms. The van der Waals surface area contributed by atoms with Gasteiger partial charge in [-0.2, -0.15) is 0 Å². The summed E-state index contributed by atoms with van der Waals surface area (Å²) < 4.78 is 24.1. The second-order valence-electron chi connectivity index (χ2n) is 7.18. The van der Waals surface area contributed by atoms with E-state index in [-0.39, 0.29) is 18.1 Å². The quantitative estimate of drug-likeness (QED) is 0.413. The molecule has 2 aromatic carbocycles. The summed E-state index contributed by atoms with van der Waals surface area (Å²) >= 11 is 0. The fraction of sp³-hybridized carbons (Fsp3) is 0.160. The molecule has 0 atom stereocenters. The standard InChI is InChI=1S/C25H21FN2O3/c1-16-21-13-19(12-17-8-10-20(26)11-9-17)14-27-22(21)24(23(28-16)25(29)30-2)31-15-18-6-4-3-5-7-18/h3-11,13-14H,12,15H2,1-2H3. The molecular weight excluding hydrogens is 395 g/mol. The number of fused-ring (bicyclic) bond motifs is 1. The van der Waals surface area contributed by atoms with Crippen LogP contribution in [0.15, 0.2) is 66.9 Å². The van der Waals surface area contributed by atoms with Crippen molar-refractivity contribution in [2.45, 2.75) is 20.0 Å². The van der Waals surface area contributed by atoms with Crippen LogP contribution >= 0.6 is 0 Å². The van der Waals surface area contributed by atoms with Gasteiger partial charge in [0.25, 0.3) is 0 Å². The third-order valence-electron chi connectivity index (χ3n) is 4.97. The highest BCUT2D eigenvalue weighted by Crippen LogP contribution is 2.31. The predicted octanol–water partition coefficient (Wildman–Crippen LogP) is 5.03. The molecule has 0 aliphatic carbocycles. The van der Waals surface area contributed by atoms with E-state index in [4.69, 9.17) is 9.47 Å². The Hall–Kier alpha value is -3.80. The first-order chi connectivity index (χ1) is 15.0. The molecule has 2 aromatic heterocycles. The van der Waals surface area contributed by atoms with E-state index in [0.29, 0.717) is 23.4 Å². The maximum atomic E-state index is 13.2. The zero-order valence-electron chi connectivity index (χ0n) is 17.3. The molecule has 0 saturated carbocycles. The van der Waals surface area contributed by atoms with Crippen molar-refractivity contribution >= 4 is 16.9 Å². The Balaban J connectivity index is 1.74. The number of carbonyl (C=O) groups is 1. The molecule has 4 rings (SSSR count). The molecule has 0 radical (unpaired) electrons. The van der Waals surface area contributed by atoms with Gasteiger partial charge in [-0.25, -0.2) is 14.2 Å². The van der Waals surface area contributed by atoms with Crippen LogP contribution in [0.5, 0.6) is 5.75 Å². The van der Waals surface area contributed by atoms with Crippen LogP contribution in [0.4, 0.5) is 4.39 Å². The molecule has 0 aliphatic rings. The van der Waals surface area contributed by atoms with Crippen molar-refractivity contribution in [2.75, 3.05) is 7.11 Å². The predicted molar refractivity (Wildman–Crippen MR) is 116 cm³/mol. The molecule has 0 N–H and O–H groups in total. The normalized spacial score (nSPS) is 10.8. The fourth-order valence-corrected chi connectivity index (χ4v) is 3.39. The largest absolute Gasteiger partial charge is 0.484 e. The molecule has 4 aromatic rings. The van der Waals surface area contributed by atoms with E-state index in [9.17, 15) is 9.18 Å². The van der Waals surface area contributed by atoms with E-state index >= 15 is 0 Å². The number of pyridine rings is 2. The van der Waals surface area contributed by atoms with Crippen molar-refractivity contribution in [3.63, 3.8) is 0 Å². The lowest BCUT2D eigenvalue weighted by Crippen LogP contribution is -2.11. The van der Waals surface area contributed by atoms with Gasteiger partial charge in [0, 0.05) is 17.3 Å². The Morgan fingerprint density at radius 3 is 2.45 bits per heavy atom. The van der Waals surface area contributed by atoms with Crippen molar-refractivity contribution in [2.24, 2.45) is 0 Å². The number of benzene rings is 2. The lowest BCUT2D eigenvalue weighted by molar-refractivity contribution is 0.0588. The van der Waals surface area contributed by atoms with E-state index in [2.05, 4.69) is 9.97 Å². The Morgan fingerprint density at radius 1 is 1.00 bits per heavy atom. The maximum absolute atomic E-state index is 13.2. The number of methoxy groups -OCH3 is 1. The first-order valence-electron chi connectivity index (χ1n) is 9.84. The van der Waals surface area contributed by atoms with Gasteiger partial charge in [0.2, 0.25) is 0 Å². The van der Waals surface area contributed by atoms with Gasteiger partial charge in [-0.3, -0.25) is 4.98 Å². The van der Waals surface area contributed by atoms with Crippen LogP contribution in [-0.2, 0) is 17.8 Å². The van der Waals surface area contributed by atoms with Crippen molar-refractivity contribution in [3.05, 3.63) is 101 Å². The summed E-state index contributed by atoms with van der Waals surface area (Å²) in [7, 11) is 1.31. The Kier molecular flexibility index (Phi) is 5.89. The van der Waals surface area contributed by atoms with Crippen LogP contribution in [0.2, 0.25) is 0 Å². The van der Waals surface area contributed by atoms with Gasteiger partial charge in [-0.05, 0) is 48.2 Å². The number of nitrogens with zero attached hydrogens (tertiary/aromatic N) is 2. The highest BCUT2D eigenvalue weighted by molar-refractivity contribution is 5.98. The maximum Gasteiger partial charge on any atom is 0.360 e. The molecule has 0 saturated heterocycles. The zero-order chi connectivity index (χ0) is 21.8. The number of hydrogen-bond donors (Lipinski definition) is 0. The topological polar surface area (TPSA) is 61.3 Å². The highest BCUT2D eigenvalue weighted by Gasteiger charge is 2.22. The Bertz CT molecular complexity index is 1230. The van der Waals surface area contributed by atoms with Crippen molar-refractivity contribution < 1.29 is 18.7 Å². The van der Waals surface area contributed by atoms with Crippen LogP contribution in [0.1, 0.15) is 32.9 Å². The average molecular weight is 416 g/mol. The summed E-state index contributed by atoms with van der Waals surface area (Å²) in [6, 6.07) is 18.0. The van der Waals surface area contributed by atoms with Crippen LogP contribution in [0.25, 0.3) is 10.9 Å². The third kappa shape index (κ3) is 4.53. The monoisotopic (exact) mass is 416 g/mol. The van der Waals surface area contributed by atoms with E-state index in [1.807, 2.05) is 43.3 Å². The fourth-order valence-electron chi connectivity index (χ4n) is 3.39. The lowest BCUT2D eigenvalue weighted by atomic mass is 10.0. The average Bonchev–Trinajstić information content (AvgIpc) is 2.80. The highest BCUT2D eigenvalue weighted by atomic mass is 19.1. The lowest BCUT2D eigenvalue weighted by Gasteiger charge is -2.14. The first-order valence-corrected chi connectivity index (χ1v) is 9.84. The third-order valence-corrected chi connectivity index (χ3v) is 4.97. The smallest absolute Gasteiger partial charge is 0.360 e. The molecule has 0 aliphatic heterocycles. The summed E-state index contributed by atoms with van der Waals surface area (Å²) in [5, 5.41) is 0.787. The molecule has 5 nitrogen and oxygen atoms in total. The van der Waals surface area contributed by atoms with Gasteiger partial charge in [0.1, 0.15) is 17.9 Å². The second kappa shape index (κ2) is 8.92. The molecule has 0 bridgehead atoms. The molecule has 2 heterocycles. The van der Waals surface area contributed by atoms with E-state index < -0.39 is 5.97 Å². The summed E-state index contributed by atoms with van der Waals surface area (Å²) in [5.74, 6) is -0.550. The Labute approximate surface area is 179 Å². The minimum absolute atomic E-state index is 0.0993.